The van der Waals surface area contributed by atoms with Gasteiger partial charge in [0.1, 0.15) is 5.82 Å². The lowest BCUT2D eigenvalue weighted by Crippen LogP contribution is -2.56. The monoisotopic (exact) mass is 347 g/mol. The second-order valence-electron chi connectivity index (χ2n) is 7.60. The van der Waals surface area contributed by atoms with Crippen LogP contribution in [0, 0.1) is 5.82 Å². The maximum Gasteiger partial charge on any atom is 0.318 e. The zero-order chi connectivity index (χ0) is 17.4. The van der Waals surface area contributed by atoms with Crippen molar-refractivity contribution in [1.29, 1.82) is 0 Å². The Kier molecular flexibility index (Phi) is 4.54. The van der Waals surface area contributed by atoms with Gasteiger partial charge in [-0.1, -0.05) is 12.1 Å². The number of urea groups is 1. The summed E-state index contributed by atoms with van der Waals surface area (Å²) in [5, 5.41) is 13.1. The molecule has 2 unspecified atom stereocenters. The summed E-state index contributed by atoms with van der Waals surface area (Å²) in [6.07, 6.45) is 4.94. The van der Waals surface area contributed by atoms with E-state index in [1.807, 2.05) is 15.9 Å². The fourth-order valence-corrected chi connectivity index (χ4v) is 4.75. The van der Waals surface area contributed by atoms with Gasteiger partial charge >= 0.3 is 6.03 Å². The van der Waals surface area contributed by atoms with Gasteiger partial charge in [0.05, 0.1) is 11.8 Å². The molecule has 1 aromatic rings. The minimum absolute atomic E-state index is 0.0141. The molecule has 3 aliphatic rings. The Bertz CT molecular complexity index is 627. The third-order valence-electron chi connectivity index (χ3n) is 5.88. The summed E-state index contributed by atoms with van der Waals surface area (Å²) in [4.78, 5) is 16.8. The number of aliphatic hydroxyl groups is 1. The Morgan fingerprint density at radius 1 is 1.16 bits per heavy atom. The molecule has 0 radical (unpaired) electrons. The van der Waals surface area contributed by atoms with Gasteiger partial charge in [-0.15, -0.1) is 0 Å². The number of benzene rings is 1. The summed E-state index contributed by atoms with van der Waals surface area (Å²) < 4.78 is 14.0. The molecule has 3 saturated heterocycles. The number of carbonyl (C=O) groups excluding carboxylic acids is 1. The average Bonchev–Trinajstić information content (AvgIpc) is 2.87. The number of nitrogens with zero attached hydrogens (tertiary/aromatic N) is 2. The molecular weight excluding hydrogens is 321 g/mol. The van der Waals surface area contributed by atoms with Crippen molar-refractivity contribution in [1.82, 2.24) is 10.2 Å². The predicted octanol–water partition coefficient (Wildman–Crippen LogP) is 2.49. The number of nitrogens with one attached hydrogen (secondary N) is 1. The van der Waals surface area contributed by atoms with E-state index in [0.717, 1.165) is 32.2 Å². The average molecular weight is 347 g/mol. The first-order valence-electron chi connectivity index (χ1n) is 9.38. The number of hydrogen-bond acceptors (Lipinski definition) is 3. The van der Waals surface area contributed by atoms with Crippen molar-refractivity contribution in [3.63, 3.8) is 0 Å². The second-order valence-corrected chi connectivity index (χ2v) is 7.60. The van der Waals surface area contributed by atoms with Crippen molar-refractivity contribution in [3.8, 4) is 0 Å². The minimum Gasteiger partial charge on any atom is -0.393 e. The molecule has 0 spiro atoms. The Morgan fingerprint density at radius 2 is 1.88 bits per heavy atom. The molecule has 3 heterocycles. The number of rotatable bonds is 2. The molecule has 3 atom stereocenters. The van der Waals surface area contributed by atoms with Crippen LogP contribution in [-0.2, 0) is 0 Å². The largest absolute Gasteiger partial charge is 0.393 e. The Morgan fingerprint density at radius 3 is 2.60 bits per heavy atom. The smallest absolute Gasteiger partial charge is 0.318 e. The Labute approximate surface area is 147 Å². The number of aliphatic hydroxyl groups excluding tert-OH is 1. The topological polar surface area (TPSA) is 55.8 Å². The molecule has 6 heteroatoms. The molecule has 4 rings (SSSR count). The normalized spacial score (nSPS) is 31.9. The molecular formula is C19H26FN3O2. The second kappa shape index (κ2) is 6.83. The highest BCUT2D eigenvalue weighted by Crippen LogP contribution is 2.35. The molecule has 3 aliphatic heterocycles. The van der Waals surface area contributed by atoms with Gasteiger partial charge in [-0.2, -0.15) is 0 Å². The van der Waals surface area contributed by atoms with E-state index < -0.39 is 0 Å². The van der Waals surface area contributed by atoms with Gasteiger partial charge in [0.15, 0.2) is 0 Å². The quantitative estimate of drug-likeness (QED) is 0.864. The standard InChI is InChI=1S/C19H26FN3O2/c20-17-5-1-2-6-18(17)22-9-3-4-13(12-22)21-19(25)23-14-7-8-15(23)11-16(24)10-14/h1-2,5-6,13-16,24H,3-4,7-12H2,(H,21,25)/t13-,14?,15?,16?/m0/s1. The zero-order valence-corrected chi connectivity index (χ0v) is 14.4. The van der Waals surface area contributed by atoms with E-state index in [9.17, 15) is 14.3 Å². The molecule has 3 fully saturated rings. The van der Waals surface area contributed by atoms with E-state index in [0.29, 0.717) is 25.1 Å². The first-order chi connectivity index (χ1) is 12.1. The number of carbonyl (C=O) groups is 1. The van der Waals surface area contributed by atoms with Crippen LogP contribution >= 0.6 is 0 Å². The summed E-state index contributed by atoms with van der Waals surface area (Å²) in [5.74, 6) is -0.211. The van der Waals surface area contributed by atoms with Gasteiger partial charge in [-0.25, -0.2) is 9.18 Å². The molecule has 2 bridgehead atoms. The Balaban J connectivity index is 1.39. The van der Waals surface area contributed by atoms with Crippen molar-refractivity contribution in [3.05, 3.63) is 30.1 Å². The first kappa shape index (κ1) is 16.6. The summed E-state index contributed by atoms with van der Waals surface area (Å²) in [6.45, 7) is 1.45. The SMILES string of the molecule is O=C(N[C@H]1CCCN(c2ccccc2F)C1)N1C2CCC1CC(O)C2. The lowest BCUT2D eigenvalue weighted by atomic mass is 10.00. The van der Waals surface area contributed by atoms with E-state index >= 15 is 0 Å². The highest BCUT2D eigenvalue weighted by Gasteiger charge is 2.43. The van der Waals surface area contributed by atoms with Gasteiger partial charge in [0.2, 0.25) is 0 Å². The van der Waals surface area contributed by atoms with E-state index in [-0.39, 0.29) is 36.1 Å². The third-order valence-corrected chi connectivity index (χ3v) is 5.88. The molecule has 25 heavy (non-hydrogen) atoms. The number of piperidine rings is 2. The van der Waals surface area contributed by atoms with Crippen LogP contribution in [0.1, 0.15) is 38.5 Å². The predicted molar refractivity (Wildman–Crippen MR) is 94.1 cm³/mol. The van der Waals surface area contributed by atoms with Crippen LogP contribution in [-0.4, -0.2) is 53.4 Å². The number of hydrogen-bond donors (Lipinski definition) is 2. The van der Waals surface area contributed by atoms with Gasteiger partial charge in [0.25, 0.3) is 0 Å². The summed E-state index contributed by atoms with van der Waals surface area (Å²) in [5.41, 5.74) is 0.614. The van der Waals surface area contributed by atoms with Crippen LogP contribution in [0.5, 0.6) is 0 Å². The Hall–Kier alpha value is -1.82. The molecule has 1 aromatic carbocycles. The zero-order valence-electron chi connectivity index (χ0n) is 14.4. The van der Waals surface area contributed by atoms with Crippen molar-refractivity contribution < 1.29 is 14.3 Å². The summed E-state index contributed by atoms with van der Waals surface area (Å²) in [6, 6.07) is 7.17. The van der Waals surface area contributed by atoms with Crippen LogP contribution in [0.4, 0.5) is 14.9 Å². The molecule has 2 amide bonds. The lowest BCUT2D eigenvalue weighted by Gasteiger charge is -2.40. The molecule has 136 valence electrons. The van der Waals surface area contributed by atoms with E-state index in [1.165, 1.54) is 6.07 Å². The maximum atomic E-state index is 14.0. The molecule has 0 aliphatic carbocycles. The minimum atomic E-state index is -0.271. The fourth-order valence-electron chi connectivity index (χ4n) is 4.75. The highest BCUT2D eigenvalue weighted by atomic mass is 19.1. The van der Waals surface area contributed by atoms with Crippen molar-refractivity contribution in [2.24, 2.45) is 0 Å². The lowest BCUT2D eigenvalue weighted by molar-refractivity contribution is 0.0533. The maximum absolute atomic E-state index is 14.0. The fraction of sp³-hybridized carbons (Fsp3) is 0.632. The number of para-hydroxylation sites is 1. The number of amides is 2. The van der Waals surface area contributed by atoms with Crippen molar-refractivity contribution in [2.45, 2.75) is 62.8 Å². The summed E-state index contributed by atoms with van der Waals surface area (Å²) >= 11 is 0. The van der Waals surface area contributed by atoms with Crippen LogP contribution in [0.25, 0.3) is 0 Å². The van der Waals surface area contributed by atoms with Crippen LogP contribution < -0.4 is 10.2 Å². The van der Waals surface area contributed by atoms with E-state index in [4.69, 9.17) is 0 Å². The first-order valence-corrected chi connectivity index (χ1v) is 9.38. The van der Waals surface area contributed by atoms with Crippen molar-refractivity contribution in [2.75, 3.05) is 18.0 Å². The third kappa shape index (κ3) is 3.32. The van der Waals surface area contributed by atoms with Gasteiger partial charge in [-0.3, -0.25) is 0 Å². The van der Waals surface area contributed by atoms with Gasteiger partial charge in [-0.05, 0) is 50.7 Å². The van der Waals surface area contributed by atoms with Gasteiger partial charge in [0, 0.05) is 31.2 Å². The van der Waals surface area contributed by atoms with Gasteiger partial charge < -0.3 is 20.2 Å². The van der Waals surface area contributed by atoms with Crippen LogP contribution in [0.15, 0.2) is 24.3 Å². The molecule has 5 nitrogen and oxygen atoms in total. The van der Waals surface area contributed by atoms with Crippen molar-refractivity contribution >= 4 is 11.7 Å². The van der Waals surface area contributed by atoms with Crippen LogP contribution in [0.3, 0.4) is 0 Å². The molecule has 0 aromatic heterocycles. The van der Waals surface area contributed by atoms with E-state index in [2.05, 4.69) is 5.32 Å². The molecule has 2 N–H and O–H groups in total. The number of fused-ring (bicyclic) bond motifs is 2. The highest BCUT2D eigenvalue weighted by molar-refractivity contribution is 5.76. The van der Waals surface area contributed by atoms with E-state index in [1.54, 1.807) is 12.1 Å². The number of anilines is 1. The number of halogens is 1. The van der Waals surface area contributed by atoms with Crippen LogP contribution in [0.2, 0.25) is 0 Å². The summed E-state index contributed by atoms with van der Waals surface area (Å²) in [7, 11) is 0. The molecule has 0 saturated carbocycles.